The smallest absolute Gasteiger partial charge is 0.394 e. The molecule has 1 aliphatic rings. The summed E-state index contributed by atoms with van der Waals surface area (Å²) in [6, 6.07) is 4.21. The van der Waals surface area contributed by atoms with Crippen molar-refractivity contribution in [3.8, 4) is 0 Å². The van der Waals surface area contributed by atoms with Gasteiger partial charge in [0.2, 0.25) is 0 Å². The van der Waals surface area contributed by atoms with E-state index in [0.29, 0.717) is 24.8 Å². The molecule has 1 heterocycles. The van der Waals surface area contributed by atoms with Gasteiger partial charge in [-0.1, -0.05) is 19.1 Å². The highest BCUT2D eigenvalue weighted by atomic mass is 19.4. The monoisotopic (exact) mass is 259 g/mol. The number of hydrogen-bond acceptors (Lipinski definition) is 2. The number of aryl methyl sites for hydroxylation is 1. The predicted octanol–water partition coefficient (Wildman–Crippen LogP) is 3.20. The van der Waals surface area contributed by atoms with Crippen LogP contribution in [-0.2, 0) is 12.6 Å². The fourth-order valence-electron chi connectivity index (χ4n) is 2.39. The molecule has 0 aliphatic carbocycles. The van der Waals surface area contributed by atoms with Crippen molar-refractivity contribution in [2.24, 2.45) is 0 Å². The molecule has 1 aromatic carbocycles. The summed E-state index contributed by atoms with van der Waals surface area (Å²) in [5.74, 6) is 0. The van der Waals surface area contributed by atoms with Crippen LogP contribution in [0, 0.1) is 0 Å². The number of benzene rings is 1. The molecule has 18 heavy (non-hydrogen) atoms. The topological polar surface area (TPSA) is 32.3 Å². The van der Waals surface area contributed by atoms with E-state index in [0.717, 1.165) is 6.07 Å². The maximum absolute atomic E-state index is 12.9. The molecule has 0 aromatic heterocycles. The fourth-order valence-corrected chi connectivity index (χ4v) is 2.39. The second kappa shape index (κ2) is 4.46. The second-order valence-electron chi connectivity index (χ2n) is 4.75. The van der Waals surface area contributed by atoms with Gasteiger partial charge in [0.1, 0.15) is 0 Å². The van der Waals surface area contributed by atoms with Gasteiger partial charge in [-0.15, -0.1) is 0 Å². The van der Waals surface area contributed by atoms with Gasteiger partial charge in [0, 0.05) is 0 Å². The average Bonchev–Trinajstić information content (AvgIpc) is 2.36. The minimum atomic E-state index is -4.37. The number of anilines is 1. The molecule has 1 atom stereocenters. The average molecular weight is 259 g/mol. The van der Waals surface area contributed by atoms with Crippen molar-refractivity contribution in [2.75, 3.05) is 11.9 Å². The van der Waals surface area contributed by atoms with Crippen LogP contribution in [0.1, 0.15) is 30.9 Å². The van der Waals surface area contributed by atoms with Crippen LogP contribution >= 0.6 is 0 Å². The zero-order valence-corrected chi connectivity index (χ0v) is 10.1. The Balaban J connectivity index is 2.47. The van der Waals surface area contributed by atoms with E-state index in [1.165, 1.54) is 6.07 Å². The summed E-state index contributed by atoms with van der Waals surface area (Å²) >= 11 is 0. The summed E-state index contributed by atoms with van der Waals surface area (Å²) in [5, 5.41) is 12.3. The molecule has 1 aromatic rings. The summed E-state index contributed by atoms with van der Waals surface area (Å²) in [7, 11) is 0. The highest BCUT2D eigenvalue weighted by molar-refractivity contribution is 5.62. The molecule has 0 saturated heterocycles. The maximum Gasteiger partial charge on any atom is 0.418 e. The Bertz CT molecular complexity index is 438. The van der Waals surface area contributed by atoms with Crippen LogP contribution in [0.25, 0.3) is 0 Å². The number of nitrogens with one attached hydrogen (secondary N) is 1. The lowest BCUT2D eigenvalue weighted by molar-refractivity contribution is -0.137. The lowest BCUT2D eigenvalue weighted by atomic mass is 9.83. The summed E-state index contributed by atoms with van der Waals surface area (Å²) in [5.41, 5.74) is -0.477. The Hall–Kier alpha value is -1.23. The normalized spacial score (nSPS) is 23.4. The summed E-state index contributed by atoms with van der Waals surface area (Å²) in [6.45, 7) is 1.71. The Kier molecular flexibility index (Phi) is 3.27. The third kappa shape index (κ3) is 2.19. The number of fused-ring (bicyclic) bond motifs is 1. The quantitative estimate of drug-likeness (QED) is 0.854. The van der Waals surface area contributed by atoms with E-state index in [2.05, 4.69) is 5.32 Å². The first kappa shape index (κ1) is 13.2. The first-order chi connectivity index (χ1) is 8.42. The zero-order chi connectivity index (χ0) is 13.4. The van der Waals surface area contributed by atoms with Crippen molar-refractivity contribution in [1.29, 1.82) is 0 Å². The van der Waals surface area contributed by atoms with Gasteiger partial charge in [-0.2, -0.15) is 13.2 Å². The SMILES string of the molecule is CCC1(CO)CCc2cccc(C(F)(F)F)c2N1. The number of para-hydroxylation sites is 1. The standard InChI is InChI=1S/C13H16F3NO/c1-2-12(8-18)7-6-9-4-3-5-10(11(9)17-12)13(14,15)16/h3-5,17-18H,2,6-8H2,1H3. The van der Waals surface area contributed by atoms with Crippen molar-refractivity contribution >= 4 is 5.69 Å². The van der Waals surface area contributed by atoms with E-state index < -0.39 is 17.3 Å². The van der Waals surface area contributed by atoms with Crippen molar-refractivity contribution in [3.05, 3.63) is 29.3 Å². The Morgan fingerprint density at radius 1 is 1.39 bits per heavy atom. The molecule has 0 radical (unpaired) electrons. The van der Waals surface area contributed by atoms with Crippen LogP contribution in [0.3, 0.4) is 0 Å². The van der Waals surface area contributed by atoms with Gasteiger partial charge < -0.3 is 10.4 Å². The number of aliphatic hydroxyl groups excluding tert-OH is 1. The fraction of sp³-hybridized carbons (Fsp3) is 0.538. The molecular weight excluding hydrogens is 243 g/mol. The van der Waals surface area contributed by atoms with Crippen LogP contribution in [0.2, 0.25) is 0 Å². The van der Waals surface area contributed by atoms with Gasteiger partial charge in [-0.05, 0) is 30.9 Å². The molecule has 0 fully saturated rings. The van der Waals surface area contributed by atoms with Crippen LogP contribution in [0.5, 0.6) is 0 Å². The van der Waals surface area contributed by atoms with Crippen LogP contribution in [0.15, 0.2) is 18.2 Å². The molecule has 1 aliphatic heterocycles. The number of aliphatic hydroxyl groups is 1. The summed E-state index contributed by atoms with van der Waals surface area (Å²) in [6.07, 6.45) is -2.57. The van der Waals surface area contributed by atoms with Crippen LogP contribution < -0.4 is 5.32 Å². The molecule has 0 spiro atoms. The highest BCUT2D eigenvalue weighted by Gasteiger charge is 2.39. The third-order valence-corrected chi connectivity index (χ3v) is 3.70. The third-order valence-electron chi connectivity index (χ3n) is 3.70. The second-order valence-corrected chi connectivity index (χ2v) is 4.75. The number of alkyl halides is 3. The predicted molar refractivity (Wildman–Crippen MR) is 63.5 cm³/mol. The van der Waals surface area contributed by atoms with Crippen LogP contribution in [0.4, 0.5) is 18.9 Å². The van der Waals surface area contributed by atoms with Crippen molar-refractivity contribution in [2.45, 2.75) is 37.9 Å². The van der Waals surface area contributed by atoms with Gasteiger partial charge in [0.05, 0.1) is 23.4 Å². The summed E-state index contributed by atoms with van der Waals surface area (Å²) in [4.78, 5) is 0. The van der Waals surface area contributed by atoms with Gasteiger partial charge in [-0.25, -0.2) is 0 Å². The van der Waals surface area contributed by atoms with E-state index in [-0.39, 0.29) is 12.3 Å². The first-order valence-electron chi connectivity index (χ1n) is 6.00. The molecule has 1 unspecified atom stereocenters. The van der Waals surface area contributed by atoms with Crippen molar-refractivity contribution in [3.63, 3.8) is 0 Å². The first-order valence-corrected chi connectivity index (χ1v) is 6.00. The molecule has 2 N–H and O–H groups in total. The lowest BCUT2D eigenvalue weighted by Gasteiger charge is -2.39. The van der Waals surface area contributed by atoms with Crippen LogP contribution in [-0.4, -0.2) is 17.3 Å². The van der Waals surface area contributed by atoms with Crippen molar-refractivity contribution < 1.29 is 18.3 Å². The van der Waals surface area contributed by atoms with E-state index in [4.69, 9.17) is 0 Å². The Morgan fingerprint density at radius 2 is 2.11 bits per heavy atom. The molecular formula is C13H16F3NO. The van der Waals surface area contributed by atoms with E-state index in [1.807, 2.05) is 6.92 Å². The minimum absolute atomic E-state index is 0.132. The lowest BCUT2D eigenvalue weighted by Crippen LogP contribution is -2.45. The van der Waals surface area contributed by atoms with Gasteiger partial charge >= 0.3 is 6.18 Å². The molecule has 0 saturated carbocycles. The van der Waals surface area contributed by atoms with E-state index in [9.17, 15) is 18.3 Å². The zero-order valence-electron chi connectivity index (χ0n) is 10.1. The number of halogens is 3. The van der Waals surface area contributed by atoms with Gasteiger partial charge in [0.15, 0.2) is 0 Å². The molecule has 0 bridgehead atoms. The minimum Gasteiger partial charge on any atom is -0.394 e. The number of hydrogen-bond donors (Lipinski definition) is 2. The molecule has 100 valence electrons. The Labute approximate surface area is 104 Å². The summed E-state index contributed by atoms with van der Waals surface area (Å²) < 4.78 is 38.8. The molecule has 0 amide bonds. The van der Waals surface area contributed by atoms with E-state index >= 15 is 0 Å². The van der Waals surface area contributed by atoms with E-state index in [1.54, 1.807) is 6.07 Å². The molecule has 2 nitrogen and oxygen atoms in total. The maximum atomic E-state index is 12.9. The largest absolute Gasteiger partial charge is 0.418 e. The highest BCUT2D eigenvalue weighted by Crippen LogP contribution is 2.41. The molecule has 2 rings (SSSR count). The number of rotatable bonds is 2. The van der Waals surface area contributed by atoms with Gasteiger partial charge in [0.25, 0.3) is 0 Å². The molecule has 5 heteroatoms. The Morgan fingerprint density at radius 3 is 2.67 bits per heavy atom. The van der Waals surface area contributed by atoms with Crippen molar-refractivity contribution in [1.82, 2.24) is 0 Å². The van der Waals surface area contributed by atoms with Gasteiger partial charge in [-0.3, -0.25) is 0 Å².